The molecule has 0 atom stereocenters. The zero-order chi connectivity index (χ0) is 13.4. The number of hydrogen-bond acceptors (Lipinski definition) is 4. The van der Waals surface area contributed by atoms with Crippen molar-refractivity contribution in [1.29, 1.82) is 0 Å². The molecule has 3 N–H and O–H groups in total. The highest BCUT2D eigenvalue weighted by Gasteiger charge is 2.36. The number of rotatable bonds is 3. The molecular weight excluding hydrogens is 250 g/mol. The van der Waals surface area contributed by atoms with Gasteiger partial charge >= 0.3 is 0 Å². The molecule has 0 saturated heterocycles. The lowest BCUT2D eigenvalue weighted by molar-refractivity contribution is 0.404. The van der Waals surface area contributed by atoms with Gasteiger partial charge in [0.25, 0.3) is 0 Å². The van der Waals surface area contributed by atoms with Gasteiger partial charge in [0.05, 0.1) is 4.90 Å². The first kappa shape index (κ1) is 13.4. The Bertz CT molecular complexity index is 545. The van der Waals surface area contributed by atoms with Gasteiger partial charge < -0.3 is 10.8 Å². The van der Waals surface area contributed by atoms with E-state index >= 15 is 0 Å². The van der Waals surface area contributed by atoms with Crippen molar-refractivity contribution in [2.24, 2.45) is 5.73 Å². The second-order valence-electron chi connectivity index (χ2n) is 5.14. The topological polar surface area (TPSA) is 80.4 Å². The van der Waals surface area contributed by atoms with Crippen LogP contribution in [0.25, 0.3) is 0 Å². The monoisotopic (exact) mass is 269 g/mol. The van der Waals surface area contributed by atoms with E-state index in [0.717, 1.165) is 37.5 Å². The molecule has 0 unspecified atom stereocenters. The number of aromatic hydroxyl groups is 1. The predicted molar refractivity (Wildman–Crippen MR) is 70.4 cm³/mol. The van der Waals surface area contributed by atoms with Gasteiger partial charge in [-0.3, -0.25) is 0 Å². The van der Waals surface area contributed by atoms with Gasteiger partial charge in [0.2, 0.25) is 0 Å². The van der Waals surface area contributed by atoms with Gasteiger partial charge in [-0.25, -0.2) is 8.42 Å². The van der Waals surface area contributed by atoms with Crippen LogP contribution < -0.4 is 5.73 Å². The molecular formula is C13H19NO3S. The summed E-state index contributed by atoms with van der Waals surface area (Å²) in [6, 6.07) is 4.60. The van der Waals surface area contributed by atoms with E-state index in [1.54, 1.807) is 12.1 Å². The summed E-state index contributed by atoms with van der Waals surface area (Å²) < 4.78 is 22.9. The van der Waals surface area contributed by atoms with E-state index in [2.05, 4.69) is 0 Å². The standard InChI is InChI=1S/C13H19NO3S/c1-18(16,17)10-4-5-11(12(15)8-10)13(9-14)6-2-3-7-13/h4-5,8,15H,2-3,6-7,9,14H2,1H3. The highest BCUT2D eigenvalue weighted by molar-refractivity contribution is 7.90. The van der Waals surface area contributed by atoms with Gasteiger partial charge in [-0.05, 0) is 25.0 Å². The van der Waals surface area contributed by atoms with Gasteiger partial charge in [-0.2, -0.15) is 0 Å². The van der Waals surface area contributed by atoms with Crippen LogP contribution in [0.3, 0.4) is 0 Å². The summed E-state index contributed by atoms with van der Waals surface area (Å²) in [5.74, 6) is 0.0466. The number of hydrogen-bond donors (Lipinski definition) is 2. The zero-order valence-electron chi connectivity index (χ0n) is 10.5. The van der Waals surface area contributed by atoms with Crippen molar-refractivity contribution in [3.63, 3.8) is 0 Å². The van der Waals surface area contributed by atoms with Crippen LogP contribution in [0.2, 0.25) is 0 Å². The van der Waals surface area contributed by atoms with E-state index in [1.165, 1.54) is 6.07 Å². The average molecular weight is 269 g/mol. The Morgan fingerprint density at radius 1 is 1.33 bits per heavy atom. The molecule has 1 aromatic carbocycles. The van der Waals surface area contributed by atoms with Crippen LogP contribution >= 0.6 is 0 Å². The van der Waals surface area contributed by atoms with Crippen LogP contribution in [0.15, 0.2) is 23.1 Å². The fourth-order valence-corrected chi connectivity index (χ4v) is 3.47. The first-order valence-corrected chi connectivity index (χ1v) is 8.02. The summed E-state index contributed by atoms with van der Waals surface area (Å²) in [4.78, 5) is 0.147. The summed E-state index contributed by atoms with van der Waals surface area (Å²) in [7, 11) is -3.28. The minimum atomic E-state index is -3.28. The quantitative estimate of drug-likeness (QED) is 0.872. The summed E-state index contributed by atoms with van der Waals surface area (Å²) in [6.45, 7) is 0.485. The third-order valence-electron chi connectivity index (χ3n) is 3.92. The molecule has 0 spiro atoms. The van der Waals surface area contributed by atoms with E-state index in [-0.39, 0.29) is 16.1 Å². The largest absolute Gasteiger partial charge is 0.508 e. The first-order valence-electron chi connectivity index (χ1n) is 6.13. The SMILES string of the molecule is CS(=O)(=O)c1ccc(C2(CN)CCCC2)c(O)c1. The normalized spacial score (nSPS) is 19.0. The molecule has 5 heteroatoms. The van der Waals surface area contributed by atoms with Crippen LogP contribution in [0.1, 0.15) is 31.2 Å². The minimum Gasteiger partial charge on any atom is -0.508 e. The molecule has 1 fully saturated rings. The second-order valence-corrected chi connectivity index (χ2v) is 7.16. The fourth-order valence-electron chi connectivity index (χ4n) is 2.83. The molecule has 0 heterocycles. The molecule has 1 saturated carbocycles. The van der Waals surface area contributed by atoms with Gasteiger partial charge in [-0.15, -0.1) is 0 Å². The highest BCUT2D eigenvalue weighted by atomic mass is 32.2. The molecule has 4 nitrogen and oxygen atoms in total. The molecule has 1 aromatic rings. The van der Waals surface area contributed by atoms with Crippen LogP contribution in [0.5, 0.6) is 5.75 Å². The van der Waals surface area contributed by atoms with Crippen molar-refractivity contribution in [3.8, 4) is 5.75 Å². The Morgan fingerprint density at radius 3 is 2.39 bits per heavy atom. The lowest BCUT2D eigenvalue weighted by Gasteiger charge is -2.28. The number of phenols is 1. The Morgan fingerprint density at radius 2 is 1.94 bits per heavy atom. The average Bonchev–Trinajstić information content (AvgIpc) is 2.77. The van der Waals surface area contributed by atoms with Gasteiger partial charge in [-0.1, -0.05) is 18.9 Å². The van der Waals surface area contributed by atoms with E-state index in [1.807, 2.05) is 0 Å². The van der Waals surface area contributed by atoms with Crippen LogP contribution in [-0.2, 0) is 15.3 Å². The number of phenolic OH excluding ortho intramolecular Hbond substituents is 1. The van der Waals surface area contributed by atoms with Crippen molar-refractivity contribution < 1.29 is 13.5 Å². The van der Waals surface area contributed by atoms with Gasteiger partial charge in [0.1, 0.15) is 5.75 Å². The molecule has 100 valence electrons. The van der Waals surface area contributed by atoms with Crippen molar-refractivity contribution in [2.45, 2.75) is 36.0 Å². The smallest absolute Gasteiger partial charge is 0.175 e. The molecule has 0 amide bonds. The maximum Gasteiger partial charge on any atom is 0.175 e. The Hall–Kier alpha value is -1.07. The summed E-state index contributed by atoms with van der Waals surface area (Å²) in [5.41, 5.74) is 6.47. The summed E-state index contributed by atoms with van der Waals surface area (Å²) in [6.07, 6.45) is 5.25. The first-order chi connectivity index (χ1) is 8.39. The van der Waals surface area contributed by atoms with E-state index in [0.29, 0.717) is 6.54 Å². The van der Waals surface area contributed by atoms with E-state index in [9.17, 15) is 13.5 Å². The lowest BCUT2D eigenvalue weighted by atomic mass is 9.78. The predicted octanol–water partition coefficient (Wildman–Crippen LogP) is 1.57. The van der Waals surface area contributed by atoms with Crippen molar-refractivity contribution in [2.75, 3.05) is 12.8 Å². The Kier molecular flexibility index (Phi) is 3.38. The maximum absolute atomic E-state index is 11.4. The fraction of sp³-hybridized carbons (Fsp3) is 0.538. The number of sulfone groups is 1. The highest BCUT2D eigenvalue weighted by Crippen LogP contribution is 2.44. The van der Waals surface area contributed by atoms with Gasteiger partial charge in [0, 0.05) is 23.8 Å². The van der Waals surface area contributed by atoms with Crippen molar-refractivity contribution >= 4 is 9.84 Å². The molecule has 0 aliphatic heterocycles. The van der Waals surface area contributed by atoms with Crippen molar-refractivity contribution in [3.05, 3.63) is 23.8 Å². The molecule has 2 rings (SSSR count). The van der Waals surface area contributed by atoms with E-state index < -0.39 is 9.84 Å². The van der Waals surface area contributed by atoms with Crippen molar-refractivity contribution in [1.82, 2.24) is 0 Å². The molecule has 1 aliphatic carbocycles. The van der Waals surface area contributed by atoms with Crippen LogP contribution in [0, 0.1) is 0 Å². The summed E-state index contributed by atoms with van der Waals surface area (Å²) in [5, 5.41) is 10.1. The third-order valence-corrected chi connectivity index (χ3v) is 5.03. The summed E-state index contributed by atoms with van der Waals surface area (Å²) >= 11 is 0. The molecule has 18 heavy (non-hydrogen) atoms. The second kappa shape index (κ2) is 4.55. The third kappa shape index (κ3) is 2.24. The van der Waals surface area contributed by atoms with Gasteiger partial charge in [0.15, 0.2) is 9.84 Å². The maximum atomic E-state index is 11.4. The number of benzene rings is 1. The number of nitrogens with two attached hydrogens (primary N) is 1. The van der Waals surface area contributed by atoms with E-state index in [4.69, 9.17) is 5.73 Å². The Labute approximate surface area is 108 Å². The Balaban J connectivity index is 2.47. The molecule has 1 aliphatic rings. The minimum absolute atomic E-state index is 0.0466. The van der Waals surface area contributed by atoms with Crippen LogP contribution in [-0.4, -0.2) is 26.3 Å². The molecule has 0 radical (unpaired) electrons. The molecule has 0 bridgehead atoms. The zero-order valence-corrected chi connectivity index (χ0v) is 11.3. The lowest BCUT2D eigenvalue weighted by Crippen LogP contribution is -2.32. The van der Waals surface area contributed by atoms with Crippen LogP contribution in [0.4, 0.5) is 0 Å². The molecule has 0 aromatic heterocycles.